The number of rotatable bonds is 1. The molecule has 4 rings (SSSR count). The van der Waals surface area contributed by atoms with E-state index in [1.165, 1.54) is 19.3 Å². The van der Waals surface area contributed by atoms with Crippen molar-refractivity contribution in [3.63, 3.8) is 0 Å². The Bertz CT molecular complexity index is 220. The zero-order valence-electron chi connectivity index (χ0n) is 10.6. The summed E-state index contributed by atoms with van der Waals surface area (Å²) in [5, 5.41) is 0. The van der Waals surface area contributed by atoms with E-state index in [9.17, 15) is 0 Å². The van der Waals surface area contributed by atoms with Crippen LogP contribution in [-0.4, -0.2) is 0 Å². The molecule has 0 spiro atoms. The van der Waals surface area contributed by atoms with Crippen LogP contribution in [0, 0.1) is 35.0 Å². The second kappa shape index (κ2) is 3.02. The van der Waals surface area contributed by atoms with E-state index in [0.717, 1.165) is 17.8 Å². The van der Waals surface area contributed by atoms with E-state index in [-0.39, 0.29) is 0 Å². The van der Waals surface area contributed by atoms with E-state index in [1.807, 2.05) is 0 Å². The molecule has 4 saturated carbocycles. The summed E-state index contributed by atoms with van der Waals surface area (Å²) in [5.41, 5.74) is 1.08. The van der Waals surface area contributed by atoms with E-state index in [0.29, 0.717) is 10.8 Å². The summed E-state index contributed by atoms with van der Waals surface area (Å²) in [6.07, 6.45) is 12.0. The lowest BCUT2D eigenvalue weighted by Gasteiger charge is -2.58. The second-order valence-corrected chi connectivity index (χ2v) is 7.79. The number of hydrogen-bond donors (Lipinski definition) is 0. The van der Waals surface area contributed by atoms with Crippen LogP contribution in [0.2, 0.25) is 0 Å². The highest BCUT2D eigenvalue weighted by molar-refractivity contribution is 5.09. The highest BCUT2D eigenvalue weighted by Crippen LogP contribution is 2.62. The molecule has 0 nitrogen and oxygen atoms in total. The first kappa shape index (κ1) is 10.2. The molecule has 4 aliphatic carbocycles. The first-order chi connectivity index (χ1) is 6.94. The molecule has 4 aliphatic rings. The molecule has 85 valence electrons. The average Bonchev–Trinajstić information content (AvgIpc) is 1.94. The fraction of sp³-hybridized carbons (Fsp3) is 0.933. The zero-order chi connectivity index (χ0) is 10.7. The van der Waals surface area contributed by atoms with Gasteiger partial charge in [-0.1, -0.05) is 20.8 Å². The monoisotopic (exact) mass is 205 g/mol. The third kappa shape index (κ3) is 1.85. The van der Waals surface area contributed by atoms with Crippen molar-refractivity contribution in [1.82, 2.24) is 0 Å². The van der Waals surface area contributed by atoms with Crippen molar-refractivity contribution in [2.45, 2.75) is 59.3 Å². The first-order valence-corrected chi connectivity index (χ1v) is 6.81. The maximum Gasteiger partial charge on any atom is -0.0253 e. The van der Waals surface area contributed by atoms with Gasteiger partial charge in [-0.15, -0.1) is 0 Å². The second-order valence-electron chi connectivity index (χ2n) is 7.79. The summed E-state index contributed by atoms with van der Waals surface area (Å²) >= 11 is 0. The normalized spacial score (nSPS) is 48.6. The molecular formula is C15H25. The van der Waals surface area contributed by atoms with Gasteiger partial charge in [0.1, 0.15) is 0 Å². The molecule has 0 unspecified atom stereocenters. The lowest BCUT2D eigenvalue weighted by atomic mass is 9.47. The molecule has 4 fully saturated rings. The standard InChI is InChI=1S/C15H25/c1-14(2,3)10-15-7-11-4-12(8-15)6-13(5-11)9-15/h10-13H,4-9H2,1-3H3. The quantitative estimate of drug-likeness (QED) is 0.593. The SMILES string of the molecule is CC(C)(C)[CH]C12CC3CC(CC(C3)C1)C2. The van der Waals surface area contributed by atoms with Crippen LogP contribution in [0.4, 0.5) is 0 Å². The maximum absolute atomic E-state index is 2.73. The van der Waals surface area contributed by atoms with Crippen LogP contribution in [0.1, 0.15) is 59.3 Å². The predicted octanol–water partition coefficient (Wildman–Crippen LogP) is 4.45. The van der Waals surface area contributed by atoms with Crippen LogP contribution in [0.3, 0.4) is 0 Å². The molecule has 0 N–H and O–H groups in total. The molecule has 0 amide bonds. The Morgan fingerprint density at radius 1 is 0.867 bits per heavy atom. The fourth-order valence-electron chi connectivity index (χ4n) is 5.27. The summed E-state index contributed by atoms with van der Waals surface area (Å²) in [4.78, 5) is 0. The van der Waals surface area contributed by atoms with E-state index in [2.05, 4.69) is 27.2 Å². The Morgan fingerprint density at radius 3 is 1.60 bits per heavy atom. The summed E-state index contributed by atoms with van der Waals surface area (Å²) < 4.78 is 0. The van der Waals surface area contributed by atoms with Crippen molar-refractivity contribution >= 4 is 0 Å². The molecule has 0 aromatic carbocycles. The minimum Gasteiger partial charge on any atom is -0.0599 e. The smallest absolute Gasteiger partial charge is 0.0253 e. The van der Waals surface area contributed by atoms with Crippen LogP contribution in [0.25, 0.3) is 0 Å². The van der Waals surface area contributed by atoms with Gasteiger partial charge in [-0.3, -0.25) is 0 Å². The zero-order valence-corrected chi connectivity index (χ0v) is 10.6. The molecule has 0 heterocycles. The molecule has 1 radical (unpaired) electrons. The molecule has 0 aromatic rings. The lowest BCUT2D eigenvalue weighted by Crippen LogP contribution is -2.47. The van der Waals surface area contributed by atoms with Crippen molar-refractivity contribution in [1.29, 1.82) is 0 Å². The van der Waals surface area contributed by atoms with Crippen molar-refractivity contribution < 1.29 is 0 Å². The van der Waals surface area contributed by atoms with Gasteiger partial charge in [0.2, 0.25) is 0 Å². The predicted molar refractivity (Wildman–Crippen MR) is 64.4 cm³/mol. The molecule has 15 heavy (non-hydrogen) atoms. The molecule has 0 heteroatoms. The Kier molecular flexibility index (Phi) is 2.05. The van der Waals surface area contributed by atoms with Crippen molar-refractivity contribution in [3.05, 3.63) is 6.42 Å². The average molecular weight is 205 g/mol. The highest BCUT2D eigenvalue weighted by atomic mass is 14.6. The third-order valence-corrected chi connectivity index (χ3v) is 4.82. The van der Waals surface area contributed by atoms with Crippen LogP contribution in [0.5, 0.6) is 0 Å². The summed E-state index contributed by atoms with van der Waals surface area (Å²) in [6, 6.07) is 0. The summed E-state index contributed by atoms with van der Waals surface area (Å²) in [5.74, 6) is 3.28. The van der Waals surface area contributed by atoms with Crippen LogP contribution in [0.15, 0.2) is 0 Å². The van der Waals surface area contributed by atoms with E-state index in [1.54, 1.807) is 19.3 Å². The molecule has 0 aromatic heterocycles. The minimum absolute atomic E-state index is 0.422. The van der Waals surface area contributed by atoms with E-state index in [4.69, 9.17) is 0 Å². The minimum atomic E-state index is 0.422. The summed E-state index contributed by atoms with van der Waals surface area (Å²) in [7, 11) is 0. The van der Waals surface area contributed by atoms with Gasteiger partial charge in [-0.25, -0.2) is 0 Å². The van der Waals surface area contributed by atoms with Gasteiger partial charge in [-0.05, 0) is 73.5 Å². The molecule has 0 atom stereocenters. The fourth-order valence-corrected chi connectivity index (χ4v) is 5.27. The van der Waals surface area contributed by atoms with E-state index >= 15 is 0 Å². The van der Waals surface area contributed by atoms with Gasteiger partial charge in [-0.2, -0.15) is 0 Å². The van der Waals surface area contributed by atoms with Crippen LogP contribution >= 0.6 is 0 Å². The lowest BCUT2D eigenvalue weighted by molar-refractivity contribution is -0.0419. The molecule has 0 saturated heterocycles. The summed E-state index contributed by atoms with van der Waals surface area (Å²) in [6.45, 7) is 7.14. The molecule has 4 bridgehead atoms. The Hall–Kier alpha value is 0. The molecule has 0 aliphatic heterocycles. The Morgan fingerprint density at radius 2 is 1.27 bits per heavy atom. The largest absolute Gasteiger partial charge is 0.0599 e. The topological polar surface area (TPSA) is 0 Å². The van der Waals surface area contributed by atoms with E-state index < -0.39 is 0 Å². The maximum atomic E-state index is 2.73. The molecular weight excluding hydrogens is 180 g/mol. The van der Waals surface area contributed by atoms with Crippen molar-refractivity contribution in [3.8, 4) is 0 Å². The van der Waals surface area contributed by atoms with Crippen LogP contribution < -0.4 is 0 Å². The van der Waals surface area contributed by atoms with Crippen molar-refractivity contribution in [2.24, 2.45) is 28.6 Å². The first-order valence-electron chi connectivity index (χ1n) is 6.81. The van der Waals surface area contributed by atoms with Gasteiger partial charge in [0.25, 0.3) is 0 Å². The Balaban J connectivity index is 1.81. The van der Waals surface area contributed by atoms with Gasteiger partial charge in [0, 0.05) is 0 Å². The Labute approximate surface area is 94.8 Å². The third-order valence-electron chi connectivity index (χ3n) is 4.82. The number of hydrogen-bond acceptors (Lipinski definition) is 0. The van der Waals surface area contributed by atoms with Crippen molar-refractivity contribution in [2.75, 3.05) is 0 Å². The van der Waals surface area contributed by atoms with Gasteiger partial charge >= 0.3 is 0 Å². The van der Waals surface area contributed by atoms with Gasteiger partial charge in [0.15, 0.2) is 0 Å². The van der Waals surface area contributed by atoms with Gasteiger partial charge < -0.3 is 0 Å². The van der Waals surface area contributed by atoms with Gasteiger partial charge in [0.05, 0.1) is 0 Å². The highest BCUT2D eigenvalue weighted by Gasteiger charge is 2.51. The van der Waals surface area contributed by atoms with Crippen LogP contribution in [-0.2, 0) is 0 Å².